The summed E-state index contributed by atoms with van der Waals surface area (Å²) in [5.74, 6) is 0. The van der Waals surface area contributed by atoms with Gasteiger partial charge >= 0.3 is 0 Å². The van der Waals surface area contributed by atoms with Crippen LogP contribution in [-0.2, 0) is 0 Å². The number of hydrogen-bond donors (Lipinski definition) is 0. The number of hydrogen-bond acceptors (Lipinski definition) is 2. The van der Waals surface area contributed by atoms with Gasteiger partial charge in [-0.3, -0.25) is 0 Å². The molecule has 2 rings (SSSR count). The van der Waals surface area contributed by atoms with Crippen LogP contribution in [0.15, 0.2) is 30.3 Å². The monoisotopic (exact) mass is 212 g/mol. The van der Waals surface area contributed by atoms with E-state index in [1.54, 1.807) is 0 Å². The molecule has 1 heterocycles. The molecule has 0 saturated carbocycles. The van der Waals surface area contributed by atoms with Crippen LogP contribution in [0.4, 0.5) is 5.69 Å². The minimum atomic E-state index is 0. The number of halogens is 1. The van der Waals surface area contributed by atoms with Crippen LogP contribution in [0.2, 0.25) is 0 Å². The van der Waals surface area contributed by atoms with Crippen molar-refractivity contribution in [2.45, 2.75) is 0 Å². The Hall–Kier alpha value is -0.730. The molecule has 0 atom stereocenters. The predicted molar refractivity (Wildman–Crippen MR) is 63.4 cm³/mol. The highest BCUT2D eigenvalue weighted by Gasteiger charge is 2.13. The average Bonchev–Trinajstić information content (AvgIpc) is 2.20. The molecule has 1 saturated heterocycles. The first kappa shape index (κ1) is 11.3. The summed E-state index contributed by atoms with van der Waals surface area (Å²) in [6.45, 7) is 4.66. The number of anilines is 1. The lowest BCUT2D eigenvalue weighted by Crippen LogP contribution is -2.44. The van der Waals surface area contributed by atoms with Crippen molar-refractivity contribution >= 4 is 18.1 Å². The lowest BCUT2D eigenvalue weighted by atomic mass is 10.2. The zero-order valence-corrected chi connectivity index (χ0v) is 9.33. The maximum Gasteiger partial charge on any atom is 0.0367 e. The zero-order valence-electron chi connectivity index (χ0n) is 8.52. The van der Waals surface area contributed by atoms with Crippen LogP contribution < -0.4 is 4.90 Å². The van der Waals surface area contributed by atoms with Crippen LogP contribution >= 0.6 is 12.4 Å². The number of benzene rings is 1. The van der Waals surface area contributed by atoms with Crippen LogP contribution in [-0.4, -0.2) is 38.1 Å². The topological polar surface area (TPSA) is 6.48 Å². The third kappa shape index (κ3) is 2.63. The molecular formula is C11H17ClN2. The first-order valence-corrected chi connectivity index (χ1v) is 4.85. The van der Waals surface area contributed by atoms with Crippen molar-refractivity contribution in [1.29, 1.82) is 0 Å². The molecule has 0 radical (unpaired) electrons. The van der Waals surface area contributed by atoms with Gasteiger partial charge in [0.05, 0.1) is 0 Å². The van der Waals surface area contributed by atoms with E-state index in [1.165, 1.54) is 18.8 Å². The molecule has 1 aliphatic heterocycles. The van der Waals surface area contributed by atoms with E-state index in [0.717, 1.165) is 13.1 Å². The zero-order chi connectivity index (χ0) is 9.10. The molecule has 0 amide bonds. The molecule has 0 bridgehead atoms. The maximum atomic E-state index is 2.44. The summed E-state index contributed by atoms with van der Waals surface area (Å²) in [6.07, 6.45) is 0. The van der Waals surface area contributed by atoms with Gasteiger partial charge in [0.1, 0.15) is 0 Å². The first-order chi connectivity index (χ1) is 6.36. The largest absolute Gasteiger partial charge is 0.369 e. The van der Waals surface area contributed by atoms with Gasteiger partial charge in [-0.2, -0.15) is 0 Å². The normalized spacial score (nSPS) is 17.6. The molecule has 0 spiro atoms. The molecule has 1 aromatic carbocycles. The molecule has 3 heteroatoms. The third-order valence-corrected chi connectivity index (χ3v) is 2.62. The molecule has 0 unspecified atom stereocenters. The highest BCUT2D eigenvalue weighted by Crippen LogP contribution is 2.14. The minimum Gasteiger partial charge on any atom is -0.369 e. The van der Waals surface area contributed by atoms with Crippen molar-refractivity contribution in [3.05, 3.63) is 30.3 Å². The lowest BCUT2D eigenvalue weighted by Gasteiger charge is -2.33. The van der Waals surface area contributed by atoms with E-state index in [-0.39, 0.29) is 12.4 Å². The molecule has 0 aromatic heterocycles. The molecule has 0 N–H and O–H groups in total. The second kappa shape index (κ2) is 5.23. The van der Waals surface area contributed by atoms with Crippen molar-refractivity contribution < 1.29 is 0 Å². The summed E-state index contributed by atoms with van der Waals surface area (Å²) in [4.78, 5) is 4.82. The minimum absolute atomic E-state index is 0. The molecule has 2 nitrogen and oxygen atoms in total. The van der Waals surface area contributed by atoms with Crippen LogP contribution in [0.1, 0.15) is 0 Å². The van der Waals surface area contributed by atoms with Crippen molar-refractivity contribution in [1.82, 2.24) is 4.90 Å². The highest BCUT2D eigenvalue weighted by atomic mass is 35.5. The van der Waals surface area contributed by atoms with Gasteiger partial charge in [0.15, 0.2) is 0 Å². The van der Waals surface area contributed by atoms with Gasteiger partial charge in [-0.25, -0.2) is 0 Å². The Balaban J connectivity index is 0.000000980. The van der Waals surface area contributed by atoms with Gasteiger partial charge in [-0.1, -0.05) is 18.2 Å². The number of rotatable bonds is 1. The summed E-state index contributed by atoms with van der Waals surface area (Å²) in [5.41, 5.74) is 1.36. The molecule has 1 aliphatic rings. The molecule has 0 aliphatic carbocycles. The van der Waals surface area contributed by atoms with Gasteiger partial charge in [0.25, 0.3) is 0 Å². The Bertz CT molecular complexity index is 255. The fraction of sp³-hybridized carbons (Fsp3) is 0.455. The summed E-state index contributed by atoms with van der Waals surface area (Å²) >= 11 is 0. The average molecular weight is 213 g/mol. The SMILES string of the molecule is CN1CCN(c2ccccc2)CC1.Cl. The second-order valence-electron chi connectivity index (χ2n) is 3.63. The fourth-order valence-electron chi connectivity index (χ4n) is 1.70. The molecule has 14 heavy (non-hydrogen) atoms. The number of para-hydroxylation sites is 1. The van der Waals surface area contributed by atoms with Crippen LogP contribution in [0.3, 0.4) is 0 Å². The quantitative estimate of drug-likeness (QED) is 0.701. The van der Waals surface area contributed by atoms with Gasteiger partial charge in [-0.15, -0.1) is 12.4 Å². The van der Waals surface area contributed by atoms with Crippen LogP contribution in [0.25, 0.3) is 0 Å². The number of likely N-dealkylation sites (N-methyl/N-ethyl adjacent to an activating group) is 1. The van der Waals surface area contributed by atoms with Crippen molar-refractivity contribution in [2.75, 3.05) is 38.1 Å². The Labute approximate surface area is 91.9 Å². The molecule has 78 valence electrons. The van der Waals surface area contributed by atoms with E-state index in [9.17, 15) is 0 Å². The van der Waals surface area contributed by atoms with Gasteiger partial charge < -0.3 is 9.80 Å². The van der Waals surface area contributed by atoms with E-state index in [0.29, 0.717) is 0 Å². The summed E-state index contributed by atoms with van der Waals surface area (Å²) in [7, 11) is 2.18. The third-order valence-electron chi connectivity index (χ3n) is 2.62. The van der Waals surface area contributed by atoms with Crippen molar-refractivity contribution in [3.63, 3.8) is 0 Å². The smallest absolute Gasteiger partial charge is 0.0367 e. The summed E-state index contributed by atoms with van der Waals surface area (Å²) < 4.78 is 0. The Morgan fingerprint density at radius 3 is 2.07 bits per heavy atom. The summed E-state index contributed by atoms with van der Waals surface area (Å²) in [5, 5.41) is 0. The number of piperazine rings is 1. The van der Waals surface area contributed by atoms with Gasteiger partial charge in [-0.05, 0) is 19.2 Å². The van der Waals surface area contributed by atoms with E-state index < -0.39 is 0 Å². The fourth-order valence-corrected chi connectivity index (χ4v) is 1.70. The Morgan fingerprint density at radius 2 is 1.50 bits per heavy atom. The number of nitrogens with zero attached hydrogens (tertiary/aromatic N) is 2. The van der Waals surface area contributed by atoms with E-state index >= 15 is 0 Å². The Morgan fingerprint density at radius 1 is 0.929 bits per heavy atom. The van der Waals surface area contributed by atoms with Gasteiger partial charge in [0, 0.05) is 31.9 Å². The van der Waals surface area contributed by atoms with E-state index in [1.807, 2.05) is 0 Å². The maximum absolute atomic E-state index is 2.44. The lowest BCUT2D eigenvalue weighted by molar-refractivity contribution is 0.313. The molecule has 1 aromatic rings. The van der Waals surface area contributed by atoms with E-state index in [4.69, 9.17) is 0 Å². The highest BCUT2D eigenvalue weighted by molar-refractivity contribution is 5.85. The van der Waals surface area contributed by atoms with Crippen LogP contribution in [0, 0.1) is 0 Å². The van der Waals surface area contributed by atoms with E-state index in [2.05, 4.69) is 47.2 Å². The van der Waals surface area contributed by atoms with Crippen molar-refractivity contribution in [2.24, 2.45) is 0 Å². The standard InChI is InChI=1S/C11H16N2.ClH/c1-12-7-9-13(10-8-12)11-5-3-2-4-6-11;/h2-6H,7-10H2,1H3;1H. The van der Waals surface area contributed by atoms with Crippen LogP contribution in [0.5, 0.6) is 0 Å². The summed E-state index contributed by atoms with van der Waals surface area (Å²) in [6, 6.07) is 10.7. The second-order valence-corrected chi connectivity index (χ2v) is 3.63. The first-order valence-electron chi connectivity index (χ1n) is 4.85. The van der Waals surface area contributed by atoms with Crippen molar-refractivity contribution in [3.8, 4) is 0 Å². The molecular weight excluding hydrogens is 196 g/mol. The Kier molecular flexibility index (Phi) is 4.23. The molecule has 1 fully saturated rings. The predicted octanol–water partition coefficient (Wildman–Crippen LogP) is 1.86. The van der Waals surface area contributed by atoms with Gasteiger partial charge in [0.2, 0.25) is 0 Å².